The number of methoxy groups -OCH3 is 1. The van der Waals surface area contributed by atoms with Crippen LogP contribution in [0.2, 0.25) is 0 Å². The normalized spacial score (nSPS) is 16.5. The van der Waals surface area contributed by atoms with E-state index in [-0.39, 0.29) is 23.5 Å². The van der Waals surface area contributed by atoms with Gasteiger partial charge < -0.3 is 14.8 Å². The summed E-state index contributed by atoms with van der Waals surface area (Å²) in [6.45, 7) is 1.53. The highest BCUT2D eigenvalue weighted by Gasteiger charge is 2.20. The molecule has 2 N–H and O–H groups in total. The lowest BCUT2D eigenvalue weighted by Crippen LogP contribution is -2.31. The minimum Gasteiger partial charge on any atom is -0.384 e. The zero-order valence-corrected chi connectivity index (χ0v) is 18.4. The van der Waals surface area contributed by atoms with Crippen molar-refractivity contribution in [2.45, 2.75) is 28.7 Å². The second kappa shape index (κ2) is 10.9. The highest BCUT2D eigenvalue weighted by Crippen LogP contribution is 2.24. The number of thioether (sulfide) groups is 1. The summed E-state index contributed by atoms with van der Waals surface area (Å²) in [6.07, 6.45) is 1.74. The molecule has 2 aromatic carbocycles. The summed E-state index contributed by atoms with van der Waals surface area (Å²) in [7, 11) is -1.98. The Kier molecular flexibility index (Phi) is 8.29. The van der Waals surface area contributed by atoms with Crippen molar-refractivity contribution in [1.82, 2.24) is 4.72 Å². The molecule has 3 rings (SSSR count). The molecule has 1 atom stereocenters. The lowest BCUT2D eigenvalue weighted by molar-refractivity contribution is 0.102. The van der Waals surface area contributed by atoms with Crippen molar-refractivity contribution in [2.75, 3.05) is 37.9 Å². The van der Waals surface area contributed by atoms with Crippen LogP contribution in [0.3, 0.4) is 0 Å². The maximum absolute atomic E-state index is 12.7. The fraction of sp³-hybridized carbons (Fsp3) is 0.381. The van der Waals surface area contributed by atoms with Crippen molar-refractivity contribution in [3.8, 4) is 0 Å². The third-order valence-corrected chi connectivity index (χ3v) is 7.10. The molecule has 1 fully saturated rings. The van der Waals surface area contributed by atoms with E-state index in [9.17, 15) is 13.2 Å². The molecule has 0 aliphatic carbocycles. The Balaban J connectivity index is 1.62. The summed E-state index contributed by atoms with van der Waals surface area (Å²) in [5, 5.41) is 2.83. The van der Waals surface area contributed by atoms with Gasteiger partial charge >= 0.3 is 0 Å². The maximum Gasteiger partial charge on any atom is 0.256 e. The molecule has 0 saturated carbocycles. The number of carbonyl (C=O) groups is 1. The van der Waals surface area contributed by atoms with E-state index in [1.165, 1.54) is 12.1 Å². The van der Waals surface area contributed by atoms with Crippen LogP contribution in [0.5, 0.6) is 0 Å². The first-order valence-electron chi connectivity index (χ1n) is 9.73. The van der Waals surface area contributed by atoms with Gasteiger partial charge in [-0.15, -0.1) is 11.8 Å². The zero-order chi connectivity index (χ0) is 21.4. The molecule has 0 radical (unpaired) electrons. The van der Waals surface area contributed by atoms with Crippen molar-refractivity contribution < 1.29 is 22.7 Å². The molecule has 0 bridgehead atoms. The molecule has 2 aromatic rings. The SMILES string of the molecule is COCCSc1ccccc1C(=O)Nc1ccc(S(=O)(=O)NC[C@H]2CCCO2)cc1. The van der Waals surface area contributed by atoms with E-state index < -0.39 is 10.0 Å². The van der Waals surface area contributed by atoms with Crippen molar-refractivity contribution in [3.05, 3.63) is 54.1 Å². The largest absolute Gasteiger partial charge is 0.384 e. The summed E-state index contributed by atoms with van der Waals surface area (Å²) in [5.41, 5.74) is 1.09. The minimum atomic E-state index is -3.62. The van der Waals surface area contributed by atoms with Crippen LogP contribution < -0.4 is 10.0 Å². The van der Waals surface area contributed by atoms with Crippen molar-refractivity contribution in [2.24, 2.45) is 0 Å². The van der Waals surface area contributed by atoms with Gasteiger partial charge in [-0.05, 0) is 49.2 Å². The highest BCUT2D eigenvalue weighted by molar-refractivity contribution is 7.99. The third-order valence-electron chi connectivity index (χ3n) is 4.62. The van der Waals surface area contributed by atoms with Gasteiger partial charge in [0.05, 0.1) is 23.2 Å². The topological polar surface area (TPSA) is 93.7 Å². The number of amides is 1. The Labute approximate surface area is 181 Å². The van der Waals surface area contributed by atoms with Crippen LogP contribution in [0, 0.1) is 0 Å². The van der Waals surface area contributed by atoms with Crippen molar-refractivity contribution in [1.29, 1.82) is 0 Å². The standard InChI is InChI=1S/C21H26N2O5S2/c1-27-13-14-29-20-7-3-2-6-19(20)21(24)23-16-8-10-18(11-9-16)30(25,26)22-15-17-5-4-12-28-17/h2-3,6-11,17,22H,4-5,12-15H2,1H3,(H,23,24)/t17-/m1/s1. The lowest BCUT2D eigenvalue weighted by atomic mass is 10.2. The molecule has 162 valence electrons. The second-order valence-electron chi connectivity index (χ2n) is 6.80. The van der Waals surface area contributed by atoms with Gasteiger partial charge in [0, 0.05) is 36.6 Å². The second-order valence-corrected chi connectivity index (χ2v) is 9.71. The van der Waals surface area contributed by atoms with Crippen LogP contribution in [0.25, 0.3) is 0 Å². The Morgan fingerprint density at radius 1 is 1.20 bits per heavy atom. The van der Waals surface area contributed by atoms with Gasteiger partial charge in [0.2, 0.25) is 10.0 Å². The Morgan fingerprint density at radius 3 is 2.67 bits per heavy atom. The van der Waals surface area contributed by atoms with E-state index in [0.717, 1.165) is 23.5 Å². The van der Waals surface area contributed by atoms with E-state index in [2.05, 4.69) is 10.0 Å². The number of hydrogen-bond donors (Lipinski definition) is 2. The van der Waals surface area contributed by atoms with Gasteiger partial charge in [-0.3, -0.25) is 4.79 Å². The fourth-order valence-corrected chi connectivity index (χ4v) is 5.05. The summed E-state index contributed by atoms with van der Waals surface area (Å²) in [5.74, 6) is 0.495. The molecule has 0 unspecified atom stereocenters. The van der Waals surface area contributed by atoms with Crippen LogP contribution in [0.1, 0.15) is 23.2 Å². The van der Waals surface area contributed by atoms with Gasteiger partial charge in [-0.25, -0.2) is 13.1 Å². The van der Waals surface area contributed by atoms with Gasteiger partial charge in [-0.2, -0.15) is 0 Å². The minimum absolute atomic E-state index is 0.0693. The van der Waals surface area contributed by atoms with Gasteiger partial charge in [0.25, 0.3) is 5.91 Å². The molecule has 0 aromatic heterocycles. The van der Waals surface area contributed by atoms with Gasteiger partial charge in [-0.1, -0.05) is 12.1 Å². The average molecular weight is 451 g/mol. The molecule has 1 saturated heterocycles. The third kappa shape index (κ3) is 6.29. The molecule has 1 aliphatic heterocycles. The number of benzene rings is 2. The molecule has 7 nitrogen and oxygen atoms in total. The van der Waals surface area contributed by atoms with Crippen LogP contribution in [-0.4, -0.2) is 53.1 Å². The first kappa shape index (κ1) is 22.8. The summed E-state index contributed by atoms with van der Waals surface area (Å²) in [6, 6.07) is 13.5. The zero-order valence-electron chi connectivity index (χ0n) is 16.8. The number of sulfonamides is 1. The first-order chi connectivity index (χ1) is 14.5. The number of nitrogens with one attached hydrogen (secondary N) is 2. The van der Waals surface area contributed by atoms with Crippen molar-refractivity contribution >= 4 is 33.4 Å². The summed E-state index contributed by atoms with van der Waals surface area (Å²) < 4.78 is 38.0. The van der Waals surface area contributed by atoms with Crippen molar-refractivity contribution in [3.63, 3.8) is 0 Å². The van der Waals surface area contributed by atoms with Crippen LogP contribution in [-0.2, 0) is 19.5 Å². The number of ether oxygens (including phenoxy) is 2. The predicted molar refractivity (Wildman–Crippen MR) is 118 cm³/mol. The quantitative estimate of drug-likeness (QED) is 0.427. The van der Waals surface area contributed by atoms with E-state index >= 15 is 0 Å². The smallest absolute Gasteiger partial charge is 0.256 e. The van der Waals surface area contributed by atoms with E-state index in [1.807, 2.05) is 18.2 Å². The predicted octanol–water partition coefficient (Wildman–Crippen LogP) is 3.13. The highest BCUT2D eigenvalue weighted by atomic mass is 32.2. The number of anilines is 1. The van der Waals surface area contributed by atoms with E-state index in [1.54, 1.807) is 37.1 Å². The van der Waals surface area contributed by atoms with E-state index in [4.69, 9.17) is 9.47 Å². The van der Waals surface area contributed by atoms with Gasteiger partial charge in [0.1, 0.15) is 0 Å². The molecule has 1 heterocycles. The van der Waals surface area contributed by atoms with E-state index in [0.29, 0.717) is 24.5 Å². The molecular weight excluding hydrogens is 424 g/mol. The molecule has 0 spiro atoms. The van der Waals surface area contributed by atoms with Crippen LogP contribution in [0.15, 0.2) is 58.3 Å². The van der Waals surface area contributed by atoms with Gasteiger partial charge in [0.15, 0.2) is 0 Å². The Morgan fingerprint density at radius 2 is 1.97 bits per heavy atom. The lowest BCUT2D eigenvalue weighted by Gasteiger charge is -2.12. The number of rotatable bonds is 10. The molecular formula is C21H26N2O5S2. The first-order valence-corrected chi connectivity index (χ1v) is 12.2. The number of carbonyl (C=O) groups excluding carboxylic acids is 1. The summed E-state index contributed by atoms with van der Waals surface area (Å²) in [4.78, 5) is 13.7. The molecule has 30 heavy (non-hydrogen) atoms. The Hall–Kier alpha value is -1.91. The van der Waals surface area contributed by atoms with Crippen LogP contribution >= 0.6 is 11.8 Å². The average Bonchev–Trinajstić information content (AvgIpc) is 3.27. The Bertz CT molecular complexity index is 942. The molecule has 1 aliphatic rings. The summed E-state index contributed by atoms with van der Waals surface area (Å²) >= 11 is 1.55. The fourth-order valence-electron chi connectivity index (χ4n) is 3.02. The molecule has 9 heteroatoms. The molecule has 1 amide bonds. The maximum atomic E-state index is 12.7. The number of hydrogen-bond acceptors (Lipinski definition) is 6. The monoisotopic (exact) mass is 450 g/mol. The van der Waals surface area contributed by atoms with Crippen LogP contribution in [0.4, 0.5) is 5.69 Å².